The normalized spacial score (nSPS) is 11.4. The van der Waals surface area contributed by atoms with Crippen molar-refractivity contribution in [3.8, 4) is 5.75 Å². The molecule has 15 heavy (non-hydrogen) atoms. The lowest BCUT2D eigenvalue weighted by atomic mass is 10.1. The van der Waals surface area contributed by atoms with Gasteiger partial charge in [0.25, 0.3) is 0 Å². The average molecular weight is 228 g/mol. The zero-order valence-electron chi connectivity index (χ0n) is 9.28. The van der Waals surface area contributed by atoms with E-state index < -0.39 is 10.1 Å². The summed E-state index contributed by atoms with van der Waals surface area (Å²) < 4.78 is 27.2. The smallest absolute Gasteiger partial charge is 0.306 e. The average Bonchev–Trinajstić information content (AvgIpc) is 2.16. The first-order chi connectivity index (χ1) is 6.98. The molecule has 1 aromatic rings. The van der Waals surface area contributed by atoms with Crippen LogP contribution in [0.3, 0.4) is 0 Å². The Labute approximate surface area is 91.2 Å². The first kappa shape index (κ1) is 12.0. The molecule has 0 saturated heterocycles. The van der Waals surface area contributed by atoms with Crippen LogP contribution in [-0.4, -0.2) is 14.7 Å². The minimum absolute atomic E-state index is 0.505. The molecule has 0 atom stereocenters. The maximum absolute atomic E-state index is 11.1. The predicted octanol–water partition coefficient (Wildman–Crippen LogP) is 2.15. The summed E-state index contributed by atoms with van der Waals surface area (Å²) in [5, 5.41) is 0. The second-order valence-corrected chi connectivity index (χ2v) is 4.97. The Hall–Kier alpha value is -1.03. The van der Waals surface area contributed by atoms with E-state index in [1.165, 1.54) is 0 Å². The molecule has 0 amide bonds. The number of rotatable bonds is 4. The minimum Gasteiger partial charge on any atom is -0.382 e. The summed E-state index contributed by atoms with van der Waals surface area (Å²) in [5.41, 5.74) is 1.86. The Morgan fingerprint density at radius 3 is 1.93 bits per heavy atom. The van der Waals surface area contributed by atoms with Crippen LogP contribution in [0.5, 0.6) is 5.75 Å². The summed E-state index contributed by atoms with van der Waals surface area (Å²) in [7, 11) is -3.44. The van der Waals surface area contributed by atoms with Gasteiger partial charge in [-0.3, -0.25) is 0 Å². The monoisotopic (exact) mass is 228 g/mol. The van der Waals surface area contributed by atoms with Crippen molar-refractivity contribution < 1.29 is 12.6 Å². The highest BCUT2D eigenvalue weighted by Gasteiger charge is 2.12. The molecule has 0 spiro atoms. The van der Waals surface area contributed by atoms with Gasteiger partial charge in [-0.05, 0) is 24.0 Å². The molecule has 0 unspecified atom stereocenters. The molecule has 1 aromatic carbocycles. The quantitative estimate of drug-likeness (QED) is 0.742. The van der Waals surface area contributed by atoms with Crippen molar-refractivity contribution in [2.75, 3.05) is 6.26 Å². The minimum atomic E-state index is -3.44. The van der Waals surface area contributed by atoms with E-state index in [9.17, 15) is 8.42 Å². The third-order valence-corrected chi connectivity index (χ3v) is 2.64. The molecule has 1 rings (SSSR count). The van der Waals surface area contributed by atoms with E-state index in [0.29, 0.717) is 5.75 Å². The molecular weight excluding hydrogens is 212 g/mol. The maximum atomic E-state index is 11.1. The summed E-state index contributed by atoms with van der Waals surface area (Å²) in [6.45, 7) is 3.95. The van der Waals surface area contributed by atoms with Crippen molar-refractivity contribution in [3.05, 3.63) is 29.3 Å². The van der Waals surface area contributed by atoms with Gasteiger partial charge in [0.15, 0.2) is 0 Å². The Kier molecular flexibility index (Phi) is 3.74. The van der Waals surface area contributed by atoms with Crippen molar-refractivity contribution in [2.24, 2.45) is 0 Å². The fraction of sp³-hybridized carbons (Fsp3) is 0.455. The van der Waals surface area contributed by atoms with Crippen LogP contribution in [0.4, 0.5) is 0 Å². The molecule has 0 aromatic heterocycles. The van der Waals surface area contributed by atoms with Crippen molar-refractivity contribution >= 4 is 10.1 Å². The molecule has 0 heterocycles. The molecule has 0 saturated carbocycles. The van der Waals surface area contributed by atoms with E-state index in [-0.39, 0.29) is 0 Å². The summed E-state index contributed by atoms with van der Waals surface area (Å²) in [6, 6.07) is 5.70. The van der Waals surface area contributed by atoms with Crippen LogP contribution in [0.1, 0.15) is 25.0 Å². The van der Waals surface area contributed by atoms with E-state index in [1.54, 1.807) is 0 Å². The number of hydrogen-bond donors (Lipinski definition) is 0. The largest absolute Gasteiger partial charge is 0.382 e. The molecule has 0 fully saturated rings. The van der Waals surface area contributed by atoms with Gasteiger partial charge in [0, 0.05) is 0 Å². The molecule has 0 aliphatic rings. The SMILES string of the molecule is CCc1cccc(CC)c1OS(C)(=O)=O. The highest BCUT2D eigenvalue weighted by molar-refractivity contribution is 7.86. The molecule has 4 heteroatoms. The molecule has 84 valence electrons. The van der Waals surface area contributed by atoms with E-state index >= 15 is 0 Å². The highest BCUT2D eigenvalue weighted by atomic mass is 32.2. The summed E-state index contributed by atoms with van der Waals surface area (Å²) >= 11 is 0. The van der Waals surface area contributed by atoms with Crippen LogP contribution in [0.2, 0.25) is 0 Å². The number of para-hydroxylation sites is 1. The fourth-order valence-electron chi connectivity index (χ4n) is 1.45. The summed E-state index contributed by atoms with van der Waals surface area (Å²) in [5.74, 6) is 0.505. The van der Waals surface area contributed by atoms with Crippen LogP contribution in [-0.2, 0) is 23.0 Å². The third kappa shape index (κ3) is 3.23. The topological polar surface area (TPSA) is 43.4 Å². The molecule has 0 N–H and O–H groups in total. The van der Waals surface area contributed by atoms with E-state index in [0.717, 1.165) is 30.2 Å². The number of hydrogen-bond acceptors (Lipinski definition) is 3. The van der Waals surface area contributed by atoms with Gasteiger partial charge in [-0.2, -0.15) is 8.42 Å². The van der Waals surface area contributed by atoms with Gasteiger partial charge in [-0.15, -0.1) is 0 Å². The van der Waals surface area contributed by atoms with Crippen LogP contribution in [0, 0.1) is 0 Å². The van der Waals surface area contributed by atoms with Crippen molar-refractivity contribution in [3.63, 3.8) is 0 Å². The number of aryl methyl sites for hydroxylation is 2. The molecule has 0 aliphatic carbocycles. The van der Waals surface area contributed by atoms with Gasteiger partial charge in [-0.25, -0.2) is 0 Å². The van der Waals surface area contributed by atoms with E-state index in [1.807, 2.05) is 32.0 Å². The fourth-order valence-corrected chi connectivity index (χ4v) is 1.97. The summed E-state index contributed by atoms with van der Waals surface area (Å²) in [4.78, 5) is 0. The Morgan fingerprint density at radius 2 is 1.60 bits per heavy atom. The van der Waals surface area contributed by atoms with Crippen LogP contribution >= 0.6 is 0 Å². The first-order valence-corrected chi connectivity index (χ1v) is 6.79. The van der Waals surface area contributed by atoms with Gasteiger partial charge < -0.3 is 4.18 Å². The molecular formula is C11H16O3S. The Balaban J connectivity index is 3.22. The molecule has 0 radical (unpaired) electrons. The number of benzene rings is 1. The van der Waals surface area contributed by atoms with Crippen LogP contribution in [0.25, 0.3) is 0 Å². The lowest BCUT2D eigenvalue weighted by Crippen LogP contribution is -2.09. The lowest BCUT2D eigenvalue weighted by molar-refractivity contribution is 0.487. The van der Waals surface area contributed by atoms with E-state index in [4.69, 9.17) is 4.18 Å². The summed E-state index contributed by atoms with van der Waals surface area (Å²) in [6.07, 6.45) is 2.59. The zero-order chi connectivity index (χ0) is 11.5. The predicted molar refractivity (Wildman–Crippen MR) is 60.7 cm³/mol. The third-order valence-electron chi connectivity index (χ3n) is 2.17. The van der Waals surface area contributed by atoms with Gasteiger partial charge in [-0.1, -0.05) is 32.0 Å². The molecule has 3 nitrogen and oxygen atoms in total. The second kappa shape index (κ2) is 4.66. The zero-order valence-corrected chi connectivity index (χ0v) is 10.1. The Morgan fingerprint density at radius 1 is 1.13 bits per heavy atom. The van der Waals surface area contributed by atoms with Gasteiger partial charge in [0.2, 0.25) is 0 Å². The van der Waals surface area contributed by atoms with Crippen LogP contribution < -0.4 is 4.18 Å². The highest BCUT2D eigenvalue weighted by Crippen LogP contribution is 2.26. The van der Waals surface area contributed by atoms with Gasteiger partial charge >= 0.3 is 10.1 Å². The van der Waals surface area contributed by atoms with Crippen molar-refractivity contribution in [2.45, 2.75) is 26.7 Å². The van der Waals surface area contributed by atoms with E-state index in [2.05, 4.69) is 0 Å². The van der Waals surface area contributed by atoms with Gasteiger partial charge in [0.1, 0.15) is 5.75 Å². The van der Waals surface area contributed by atoms with Crippen molar-refractivity contribution in [1.82, 2.24) is 0 Å². The second-order valence-electron chi connectivity index (χ2n) is 3.40. The van der Waals surface area contributed by atoms with Gasteiger partial charge in [0.05, 0.1) is 6.26 Å². The maximum Gasteiger partial charge on any atom is 0.306 e. The molecule has 0 bridgehead atoms. The Bertz CT molecular complexity index is 413. The van der Waals surface area contributed by atoms with Crippen LogP contribution in [0.15, 0.2) is 18.2 Å². The molecule has 0 aliphatic heterocycles. The standard InChI is InChI=1S/C11H16O3S/c1-4-9-7-6-8-10(5-2)11(9)14-15(3,12)13/h6-8H,4-5H2,1-3H3. The van der Waals surface area contributed by atoms with Crippen molar-refractivity contribution in [1.29, 1.82) is 0 Å². The lowest BCUT2D eigenvalue weighted by Gasteiger charge is -2.12. The first-order valence-electron chi connectivity index (χ1n) is 4.98.